The van der Waals surface area contributed by atoms with Gasteiger partial charge in [-0.2, -0.15) is 4.21 Å². The summed E-state index contributed by atoms with van der Waals surface area (Å²) in [6.07, 6.45) is 0. The summed E-state index contributed by atoms with van der Waals surface area (Å²) in [4.78, 5) is 0. The maximum absolute atomic E-state index is 8.67. The summed E-state index contributed by atoms with van der Waals surface area (Å²) < 4.78 is 22.8. The summed E-state index contributed by atoms with van der Waals surface area (Å²) in [5.41, 5.74) is 2.24. The van der Waals surface area contributed by atoms with Crippen LogP contribution >= 0.6 is 0 Å². The van der Waals surface area contributed by atoms with Gasteiger partial charge < -0.3 is 5.32 Å². The molecule has 0 bridgehead atoms. The van der Waals surface area contributed by atoms with Crippen molar-refractivity contribution in [1.82, 2.24) is 0 Å². The molecule has 0 amide bonds. The van der Waals surface area contributed by atoms with Crippen molar-refractivity contribution in [3.63, 3.8) is 0 Å². The molecule has 0 atom stereocenters. The van der Waals surface area contributed by atoms with Gasteiger partial charge in [0.1, 0.15) is 0 Å². The first-order valence-electron chi connectivity index (χ1n) is 4.85. The van der Waals surface area contributed by atoms with E-state index in [9.17, 15) is 0 Å². The Morgan fingerprint density at radius 2 is 1.11 bits per heavy atom. The van der Waals surface area contributed by atoms with Crippen LogP contribution in [0.4, 0.5) is 11.4 Å². The Hall–Kier alpha value is -0.690. The predicted molar refractivity (Wildman–Crippen MR) is 77.4 cm³/mol. The number of rotatable bonds is 2. The van der Waals surface area contributed by atoms with Crippen molar-refractivity contribution in [2.24, 2.45) is 0 Å². The van der Waals surface area contributed by atoms with Crippen LogP contribution in [0.1, 0.15) is 1.43 Å². The predicted octanol–water partition coefficient (Wildman–Crippen LogP) is 2.98. The first kappa shape index (κ1) is 17.3. The quantitative estimate of drug-likeness (QED) is 0.582. The first-order chi connectivity index (χ1) is 8.18. The maximum Gasteiger partial charge on any atom is 0.299 e. The minimum Gasteiger partial charge on any atom is -0.356 e. The van der Waals surface area contributed by atoms with E-state index < -0.39 is 11.4 Å². The molecule has 0 spiro atoms. The zero-order chi connectivity index (χ0) is 12.5. The Morgan fingerprint density at radius 3 is 1.39 bits per heavy atom. The molecule has 93 valence electrons. The maximum atomic E-state index is 8.67. The van der Waals surface area contributed by atoms with E-state index in [1.165, 1.54) is 0 Å². The molecule has 0 aliphatic heterocycles. The second-order valence-corrected chi connectivity index (χ2v) is 3.55. The molecule has 6 heteroatoms. The van der Waals surface area contributed by atoms with Gasteiger partial charge in [0, 0.05) is 42.4 Å². The van der Waals surface area contributed by atoms with Crippen LogP contribution in [-0.4, -0.2) is 42.9 Å². The molecule has 0 heterocycles. The summed E-state index contributed by atoms with van der Waals surface area (Å²) in [6.45, 7) is 0. The van der Waals surface area contributed by atoms with Gasteiger partial charge in [0.15, 0.2) is 0 Å². The van der Waals surface area contributed by atoms with Crippen LogP contribution in [-0.2, 0) is 11.4 Å². The van der Waals surface area contributed by atoms with Crippen molar-refractivity contribution in [2.45, 2.75) is 0 Å². The Balaban J connectivity index is 0. The van der Waals surface area contributed by atoms with Crippen LogP contribution in [0.2, 0.25) is 0 Å². The number of hydrogen-bond donors (Lipinski definition) is 3. The molecule has 3 N–H and O–H groups in total. The molecule has 0 aliphatic rings. The molecular weight excluding hydrogens is 261 g/mol. The third-order valence-electron chi connectivity index (χ3n) is 1.84. The monoisotopic (exact) mass is 276 g/mol. The zero-order valence-corrected chi connectivity index (χ0v) is 12.8. The molecule has 1 radical (unpaired) electrons. The fraction of sp³-hybridized carbons (Fsp3) is 0. The largest absolute Gasteiger partial charge is 0.356 e. The topological polar surface area (TPSA) is 69.6 Å². The van der Waals surface area contributed by atoms with Crippen LogP contribution in [0.5, 0.6) is 0 Å². The number of nitrogens with one attached hydrogen (secondary N) is 1. The van der Waals surface area contributed by atoms with Gasteiger partial charge >= 0.3 is 0 Å². The van der Waals surface area contributed by atoms with E-state index in [2.05, 4.69) is 5.32 Å². The summed E-state index contributed by atoms with van der Waals surface area (Å²) in [5, 5.41) is 3.30. The van der Waals surface area contributed by atoms with Gasteiger partial charge in [0.2, 0.25) is 0 Å². The van der Waals surface area contributed by atoms with E-state index >= 15 is 0 Å². The molecule has 2 rings (SSSR count). The number of benzene rings is 2. The second-order valence-electron chi connectivity index (χ2n) is 3.09. The van der Waals surface area contributed by atoms with E-state index in [1.807, 2.05) is 60.7 Å². The van der Waals surface area contributed by atoms with Crippen LogP contribution in [0.15, 0.2) is 60.7 Å². The normalized spacial score (nSPS) is 8.83. The molecule has 0 unspecified atom stereocenters. The SMILES string of the molecule is O=S(O)O.[HH].[Na].c1ccc(Nc2ccccc2)cc1. The summed E-state index contributed by atoms with van der Waals surface area (Å²) in [6, 6.07) is 20.3. The molecule has 0 saturated carbocycles. The van der Waals surface area contributed by atoms with Crippen molar-refractivity contribution in [2.75, 3.05) is 5.32 Å². The van der Waals surface area contributed by atoms with Crippen molar-refractivity contribution in [3.05, 3.63) is 60.7 Å². The first-order valence-corrected chi connectivity index (χ1v) is 5.92. The third kappa shape index (κ3) is 8.41. The van der Waals surface area contributed by atoms with E-state index in [-0.39, 0.29) is 31.0 Å². The fourth-order valence-corrected chi connectivity index (χ4v) is 1.21. The summed E-state index contributed by atoms with van der Waals surface area (Å²) >= 11 is -2.61. The minimum atomic E-state index is -2.61. The van der Waals surface area contributed by atoms with Crippen LogP contribution in [0.3, 0.4) is 0 Å². The average molecular weight is 276 g/mol. The van der Waals surface area contributed by atoms with Gasteiger partial charge in [-0.1, -0.05) is 36.4 Å². The van der Waals surface area contributed by atoms with Crippen LogP contribution in [0.25, 0.3) is 0 Å². The average Bonchev–Trinajstić information content (AvgIpc) is 2.31. The van der Waals surface area contributed by atoms with Crippen LogP contribution in [0, 0.1) is 0 Å². The van der Waals surface area contributed by atoms with E-state index in [1.54, 1.807) is 0 Å². The van der Waals surface area contributed by atoms with Gasteiger partial charge in [-0.25, -0.2) is 0 Å². The van der Waals surface area contributed by atoms with Crippen molar-refractivity contribution < 1.29 is 14.7 Å². The number of para-hydroxylation sites is 2. The van der Waals surface area contributed by atoms with Gasteiger partial charge in [0.25, 0.3) is 11.4 Å². The third-order valence-corrected chi connectivity index (χ3v) is 1.84. The molecule has 4 nitrogen and oxygen atoms in total. The second kappa shape index (κ2) is 10.3. The minimum absolute atomic E-state index is 0. The molecule has 0 aromatic heterocycles. The van der Waals surface area contributed by atoms with Crippen molar-refractivity contribution >= 4 is 52.3 Å². The zero-order valence-electron chi connectivity index (χ0n) is 9.98. The fourth-order valence-electron chi connectivity index (χ4n) is 1.21. The van der Waals surface area contributed by atoms with Gasteiger partial charge in [-0.05, 0) is 24.3 Å². The Morgan fingerprint density at radius 1 is 0.833 bits per heavy atom. The van der Waals surface area contributed by atoms with E-state index in [0.717, 1.165) is 11.4 Å². The molecular formula is C12H15NNaO3S. The smallest absolute Gasteiger partial charge is 0.299 e. The molecule has 0 fully saturated rings. The molecule has 2 aromatic carbocycles. The standard InChI is InChI=1S/C12H11N.Na.H2O3S.H2/c1-3-7-11(8-4-1)13-12-9-5-2-6-10-12;;1-4(2)3;/h1-10,13H;;(H2,1,2,3);1H. The van der Waals surface area contributed by atoms with Gasteiger partial charge in [0.05, 0.1) is 0 Å². The molecule has 0 saturated heterocycles. The molecule has 18 heavy (non-hydrogen) atoms. The Labute approximate surface area is 132 Å². The van der Waals surface area contributed by atoms with Crippen molar-refractivity contribution in [1.29, 1.82) is 0 Å². The summed E-state index contributed by atoms with van der Waals surface area (Å²) in [7, 11) is 0. The van der Waals surface area contributed by atoms with Gasteiger partial charge in [-0.3, -0.25) is 9.11 Å². The Bertz CT molecular complexity index is 418. The van der Waals surface area contributed by atoms with E-state index in [0.29, 0.717) is 0 Å². The van der Waals surface area contributed by atoms with Crippen LogP contribution < -0.4 is 5.32 Å². The Kier molecular flexibility index (Phi) is 9.86. The number of anilines is 2. The van der Waals surface area contributed by atoms with E-state index in [4.69, 9.17) is 13.3 Å². The van der Waals surface area contributed by atoms with Gasteiger partial charge in [-0.15, -0.1) is 0 Å². The summed E-state index contributed by atoms with van der Waals surface area (Å²) in [5.74, 6) is 0. The molecule has 0 aliphatic carbocycles. The van der Waals surface area contributed by atoms with Crippen molar-refractivity contribution in [3.8, 4) is 0 Å². The molecule has 2 aromatic rings. The number of hydrogen-bond acceptors (Lipinski definition) is 2.